The van der Waals surface area contributed by atoms with E-state index in [1.807, 2.05) is 18.2 Å². The molecule has 0 unspecified atom stereocenters. The van der Waals surface area contributed by atoms with Crippen LogP contribution in [0.15, 0.2) is 52.2 Å². The fourth-order valence-corrected chi connectivity index (χ4v) is 1.68. The number of nitrogens with zero attached hydrogens (tertiary/aromatic N) is 1. The molecule has 0 saturated carbocycles. The Kier molecular flexibility index (Phi) is 3.79. The van der Waals surface area contributed by atoms with Crippen molar-refractivity contribution in [1.82, 2.24) is 5.43 Å². The minimum Gasteiger partial charge on any atom is -0.459 e. The topological polar surface area (TPSA) is 54.6 Å². The van der Waals surface area contributed by atoms with Gasteiger partial charge in [0.05, 0.1) is 12.0 Å². The normalized spacial score (nSPS) is 11.3. The summed E-state index contributed by atoms with van der Waals surface area (Å²) in [5.74, 6) is -0.183. The second kappa shape index (κ2) is 5.51. The molecule has 0 aliphatic carbocycles. The zero-order valence-corrected chi connectivity index (χ0v) is 10.4. The molecule has 0 saturated heterocycles. The van der Waals surface area contributed by atoms with E-state index in [0.29, 0.717) is 10.7 Å². The van der Waals surface area contributed by atoms with E-state index in [4.69, 9.17) is 16.0 Å². The third-order valence-corrected chi connectivity index (χ3v) is 2.66. The van der Waals surface area contributed by atoms with Crippen LogP contribution in [0.25, 0.3) is 0 Å². The number of hydrogen-bond donors (Lipinski definition) is 1. The molecular formula is C13H11ClN2O2. The molecule has 1 N–H and O–H groups in total. The summed E-state index contributed by atoms with van der Waals surface area (Å²) >= 11 is 6.02. The zero-order chi connectivity index (χ0) is 13.0. The zero-order valence-electron chi connectivity index (χ0n) is 9.68. The van der Waals surface area contributed by atoms with Crippen molar-refractivity contribution >= 4 is 23.2 Å². The van der Waals surface area contributed by atoms with Gasteiger partial charge in [-0.05, 0) is 25.1 Å². The number of benzene rings is 1. The molecule has 18 heavy (non-hydrogen) atoms. The van der Waals surface area contributed by atoms with Crippen LogP contribution in [-0.4, -0.2) is 11.6 Å². The molecule has 1 amide bonds. The maximum atomic E-state index is 11.6. The third kappa shape index (κ3) is 2.78. The van der Waals surface area contributed by atoms with Crippen LogP contribution in [0.5, 0.6) is 0 Å². The maximum Gasteiger partial charge on any atom is 0.307 e. The first-order valence-electron chi connectivity index (χ1n) is 5.31. The standard InChI is InChI=1S/C13H11ClN2O2/c1-9(10-5-2-3-6-11(10)14)15-16-13(17)12-7-4-8-18-12/h2-8H,1H3,(H,16,17)/b15-9+. The second-order valence-corrected chi connectivity index (χ2v) is 4.00. The average Bonchev–Trinajstić information content (AvgIpc) is 2.90. The highest BCUT2D eigenvalue weighted by atomic mass is 35.5. The van der Waals surface area contributed by atoms with Crippen LogP contribution in [0.4, 0.5) is 0 Å². The summed E-state index contributed by atoms with van der Waals surface area (Å²) in [7, 11) is 0. The Morgan fingerprint density at radius 1 is 1.28 bits per heavy atom. The van der Waals surface area contributed by atoms with Crippen molar-refractivity contribution in [2.45, 2.75) is 6.92 Å². The molecule has 1 aromatic carbocycles. The maximum absolute atomic E-state index is 11.6. The van der Waals surface area contributed by atoms with Gasteiger partial charge in [-0.25, -0.2) is 5.43 Å². The van der Waals surface area contributed by atoms with Gasteiger partial charge in [0.1, 0.15) is 0 Å². The highest BCUT2D eigenvalue weighted by Gasteiger charge is 2.08. The molecule has 0 radical (unpaired) electrons. The number of carbonyl (C=O) groups is 1. The Hall–Kier alpha value is -2.07. The summed E-state index contributed by atoms with van der Waals surface area (Å²) in [6, 6.07) is 10.5. The van der Waals surface area contributed by atoms with Gasteiger partial charge in [-0.1, -0.05) is 29.8 Å². The summed E-state index contributed by atoms with van der Waals surface area (Å²) in [5.41, 5.74) is 3.81. The van der Waals surface area contributed by atoms with Crippen molar-refractivity contribution in [3.63, 3.8) is 0 Å². The van der Waals surface area contributed by atoms with Crippen molar-refractivity contribution in [1.29, 1.82) is 0 Å². The molecule has 0 bridgehead atoms. The molecule has 1 heterocycles. The fourth-order valence-electron chi connectivity index (χ4n) is 1.41. The number of halogens is 1. The van der Waals surface area contributed by atoms with E-state index in [0.717, 1.165) is 5.56 Å². The Morgan fingerprint density at radius 3 is 2.72 bits per heavy atom. The third-order valence-electron chi connectivity index (χ3n) is 2.33. The van der Waals surface area contributed by atoms with Crippen LogP contribution in [0.1, 0.15) is 23.0 Å². The smallest absolute Gasteiger partial charge is 0.307 e. The second-order valence-electron chi connectivity index (χ2n) is 3.60. The first-order chi connectivity index (χ1) is 8.68. The molecule has 2 rings (SSSR count). The molecule has 0 aliphatic heterocycles. The number of furan rings is 1. The van der Waals surface area contributed by atoms with Gasteiger partial charge < -0.3 is 4.42 Å². The molecule has 4 nitrogen and oxygen atoms in total. The Balaban J connectivity index is 2.11. The van der Waals surface area contributed by atoms with Gasteiger partial charge in [0.2, 0.25) is 0 Å². The van der Waals surface area contributed by atoms with Crippen molar-refractivity contribution in [3.05, 3.63) is 59.0 Å². The van der Waals surface area contributed by atoms with Gasteiger partial charge in [0.25, 0.3) is 0 Å². The van der Waals surface area contributed by atoms with Crippen LogP contribution < -0.4 is 5.43 Å². The van der Waals surface area contributed by atoms with Gasteiger partial charge in [-0.15, -0.1) is 0 Å². The van der Waals surface area contributed by atoms with Crippen LogP contribution in [-0.2, 0) is 0 Å². The average molecular weight is 263 g/mol. The van der Waals surface area contributed by atoms with Crippen molar-refractivity contribution < 1.29 is 9.21 Å². The van der Waals surface area contributed by atoms with E-state index < -0.39 is 5.91 Å². The summed E-state index contributed by atoms with van der Waals surface area (Å²) in [6.45, 7) is 1.77. The molecular weight excluding hydrogens is 252 g/mol. The SMILES string of the molecule is C/C(=N\NC(=O)c1ccco1)c1ccccc1Cl. The minimum absolute atomic E-state index is 0.214. The highest BCUT2D eigenvalue weighted by Crippen LogP contribution is 2.15. The lowest BCUT2D eigenvalue weighted by Crippen LogP contribution is -2.18. The Morgan fingerprint density at radius 2 is 2.06 bits per heavy atom. The lowest BCUT2D eigenvalue weighted by Gasteiger charge is -2.03. The van der Waals surface area contributed by atoms with Crippen LogP contribution >= 0.6 is 11.6 Å². The summed E-state index contributed by atoms with van der Waals surface area (Å²) in [6.07, 6.45) is 1.43. The van der Waals surface area contributed by atoms with Crippen molar-refractivity contribution in [2.75, 3.05) is 0 Å². The molecule has 0 atom stereocenters. The van der Waals surface area contributed by atoms with Gasteiger partial charge >= 0.3 is 5.91 Å². The summed E-state index contributed by atoms with van der Waals surface area (Å²) < 4.78 is 4.95. The molecule has 5 heteroatoms. The van der Waals surface area contributed by atoms with E-state index in [2.05, 4.69) is 10.5 Å². The van der Waals surface area contributed by atoms with Crippen LogP contribution in [0.3, 0.4) is 0 Å². The van der Waals surface area contributed by atoms with Crippen LogP contribution in [0, 0.1) is 0 Å². The van der Waals surface area contributed by atoms with Crippen molar-refractivity contribution in [2.24, 2.45) is 5.10 Å². The lowest BCUT2D eigenvalue weighted by atomic mass is 10.1. The quantitative estimate of drug-likeness (QED) is 0.683. The first-order valence-corrected chi connectivity index (χ1v) is 5.69. The molecule has 2 aromatic rings. The number of nitrogens with one attached hydrogen (secondary N) is 1. The molecule has 92 valence electrons. The van der Waals surface area contributed by atoms with Crippen molar-refractivity contribution in [3.8, 4) is 0 Å². The number of amides is 1. The number of hydrogen-bond acceptors (Lipinski definition) is 3. The first kappa shape index (κ1) is 12.4. The molecule has 0 spiro atoms. The molecule has 0 aliphatic rings. The van der Waals surface area contributed by atoms with E-state index in [1.54, 1.807) is 25.1 Å². The van der Waals surface area contributed by atoms with Gasteiger partial charge in [-0.3, -0.25) is 4.79 Å². The largest absolute Gasteiger partial charge is 0.459 e. The predicted octanol–water partition coefficient (Wildman–Crippen LogP) is 3.09. The minimum atomic E-state index is -0.397. The number of rotatable bonds is 3. The predicted molar refractivity (Wildman–Crippen MR) is 69.8 cm³/mol. The highest BCUT2D eigenvalue weighted by molar-refractivity contribution is 6.34. The van der Waals surface area contributed by atoms with E-state index in [-0.39, 0.29) is 5.76 Å². The lowest BCUT2D eigenvalue weighted by molar-refractivity contribution is 0.0927. The van der Waals surface area contributed by atoms with E-state index in [1.165, 1.54) is 6.26 Å². The van der Waals surface area contributed by atoms with Crippen LogP contribution in [0.2, 0.25) is 5.02 Å². The van der Waals surface area contributed by atoms with Gasteiger partial charge in [0.15, 0.2) is 5.76 Å². The number of hydrazone groups is 1. The summed E-state index contributed by atoms with van der Waals surface area (Å²) in [5, 5.41) is 4.57. The fraction of sp³-hybridized carbons (Fsp3) is 0.0769. The molecule has 0 fully saturated rings. The van der Waals surface area contributed by atoms with Gasteiger partial charge in [0, 0.05) is 10.6 Å². The number of carbonyl (C=O) groups excluding carboxylic acids is 1. The Bertz CT molecular complexity index is 576. The molecule has 1 aromatic heterocycles. The van der Waals surface area contributed by atoms with E-state index >= 15 is 0 Å². The van der Waals surface area contributed by atoms with Gasteiger partial charge in [-0.2, -0.15) is 5.10 Å². The Labute approximate surface area is 109 Å². The monoisotopic (exact) mass is 262 g/mol. The summed E-state index contributed by atoms with van der Waals surface area (Å²) in [4.78, 5) is 11.6. The van der Waals surface area contributed by atoms with E-state index in [9.17, 15) is 4.79 Å².